The summed E-state index contributed by atoms with van der Waals surface area (Å²) >= 11 is 0. The molecule has 0 amide bonds. The summed E-state index contributed by atoms with van der Waals surface area (Å²) in [6.07, 6.45) is 1.02. The molecule has 0 aromatic heterocycles. The maximum atomic E-state index is 8.33. The molecule has 0 radical (unpaired) electrons. The molecule has 0 aromatic rings. The Balaban J connectivity index is 0. The zero-order chi connectivity index (χ0) is 11.8. The molecular weight excluding hydrogens is 172 g/mol. The van der Waals surface area contributed by atoms with Gasteiger partial charge in [0, 0.05) is 11.3 Å². The summed E-state index contributed by atoms with van der Waals surface area (Å²) in [6.45, 7) is 11.9. The molecule has 80 valence electrons. The van der Waals surface area contributed by atoms with Crippen molar-refractivity contribution >= 4 is 0 Å². The third kappa shape index (κ3) is 17.2. The highest BCUT2D eigenvalue weighted by atomic mass is 14.3. The number of nitrogens with zero attached hydrogens (tertiary/aromatic N) is 2. The summed E-state index contributed by atoms with van der Waals surface area (Å²) < 4.78 is 0. The lowest BCUT2D eigenvalue weighted by Crippen LogP contribution is -1.97. The van der Waals surface area contributed by atoms with Gasteiger partial charge in [0.25, 0.3) is 0 Å². The Kier molecular flexibility index (Phi) is 8.16. The Hall–Kier alpha value is -1.02. The Morgan fingerprint density at radius 3 is 1.50 bits per heavy atom. The minimum atomic E-state index is -0.153. The van der Waals surface area contributed by atoms with Gasteiger partial charge in [0.15, 0.2) is 0 Å². The zero-order valence-electron chi connectivity index (χ0n) is 10.3. The van der Waals surface area contributed by atoms with Gasteiger partial charge in [-0.2, -0.15) is 10.5 Å². The van der Waals surface area contributed by atoms with Gasteiger partial charge in [-0.1, -0.05) is 13.8 Å². The van der Waals surface area contributed by atoms with Crippen molar-refractivity contribution in [1.29, 1.82) is 10.5 Å². The van der Waals surface area contributed by atoms with E-state index in [0.29, 0.717) is 5.92 Å². The first kappa shape index (κ1) is 15.5. The van der Waals surface area contributed by atoms with E-state index in [1.54, 1.807) is 0 Å². The van der Waals surface area contributed by atoms with E-state index in [1.807, 2.05) is 27.7 Å². The van der Waals surface area contributed by atoms with Crippen LogP contribution in [-0.2, 0) is 0 Å². The fraction of sp³-hybridized carbons (Fsp3) is 0.833. The smallest absolute Gasteiger partial charge is 0.0680 e. The molecule has 0 aromatic carbocycles. The molecular formula is C12H22N2. The van der Waals surface area contributed by atoms with Crippen molar-refractivity contribution in [3.63, 3.8) is 0 Å². The molecule has 2 nitrogen and oxygen atoms in total. The minimum absolute atomic E-state index is 0.153. The number of hydrogen-bond donors (Lipinski definition) is 0. The lowest BCUT2D eigenvalue weighted by molar-refractivity contribution is 0.510. The lowest BCUT2D eigenvalue weighted by Gasteiger charge is -2.03. The average Bonchev–Trinajstić information content (AvgIpc) is 2.03. The highest BCUT2D eigenvalue weighted by molar-refractivity contribution is 4.86. The van der Waals surface area contributed by atoms with Crippen molar-refractivity contribution in [2.24, 2.45) is 17.3 Å². The first-order valence-corrected chi connectivity index (χ1v) is 5.03. The van der Waals surface area contributed by atoms with Crippen molar-refractivity contribution in [2.45, 2.75) is 48.0 Å². The molecule has 0 bridgehead atoms. The van der Waals surface area contributed by atoms with Crippen LogP contribution in [0.25, 0.3) is 0 Å². The largest absolute Gasteiger partial charge is 0.198 e. The van der Waals surface area contributed by atoms with Gasteiger partial charge in [-0.3, -0.25) is 0 Å². The molecule has 0 N–H and O–H groups in total. The topological polar surface area (TPSA) is 47.6 Å². The summed E-state index contributed by atoms with van der Waals surface area (Å²) in [7, 11) is 0. The highest BCUT2D eigenvalue weighted by Gasteiger charge is 2.04. The molecule has 0 saturated heterocycles. The van der Waals surface area contributed by atoms with Gasteiger partial charge in [-0.25, -0.2) is 0 Å². The van der Waals surface area contributed by atoms with E-state index in [-0.39, 0.29) is 11.3 Å². The molecule has 14 heavy (non-hydrogen) atoms. The summed E-state index contributed by atoms with van der Waals surface area (Å²) in [5.74, 6) is 0.889. The van der Waals surface area contributed by atoms with Crippen LogP contribution in [0, 0.1) is 39.9 Å². The van der Waals surface area contributed by atoms with E-state index in [0.717, 1.165) is 6.42 Å². The molecule has 0 saturated carbocycles. The van der Waals surface area contributed by atoms with Crippen molar-refractivity contribution in [3.8, 4) is 12.1 Å². The summed E-state index contributed by atoms with van der Waals surface area (Å²) in [4.78, 5) is 0. The summed E-state index contributed by atoms with van der Waals surface area (Å²) in [5.41, 5.74) is -0.153. The van der Waals surface area contributed by atoms with Crippen molar-refractivity contribution in [3.05, 3.63) is 0 Å². The van der Waals surface area contributed by atoms with Crippen LogP contribution in [0.3, 0.4) is 0 Å². The number of rotatable bonds is 2. The average molecular weight is 194 g/mol. The molecule has 0 heterocycles. The normalized spacial score (nSPS) is 12.1. The van der Waals surface area contributed by atoms with Gasteiger partial charge in [0.05, 0.1) is 12.1 Å². The van der Waals surface area contributed by atoms with Crippen molar-refractivity contribution in [1.82, 2.24) is 0 Å². The summed E-state index contributed by atoms with van der Waals surface area (Å²) in [5, 5.41) is 16.5. The highest BCUT2D eigenvalue weighted by Crippen LogP contribution is 2.08. The second kappa shape index (κ2) is 7.39. The lowest BCUT2D eigenvalue weighted by atomic mass is 10.0. The van der Waals surface area contributed by atoms with E-state index in [1.165, 1.54) is 0 Å². The first-order valence-electron chi connectivity index (χ1n) is 5.03. The number of nitriles is 2. The summed E-state index contributed by atoms with van der Waals surface area (Å²) in [6, 6.07) is 4.30. The molecule has 0 aliphatic heterocycles. The maximum Gasteiger partial charge on any atom is 0.0680 e. The monoisotopic (exact) mass is 194 g/mol. The van der Waals surface area contributed by atoms with Crippen LogP contribution in [0.15, 0.2) is 0 Å². The van der Waals surface area contributed by atoms with Crippen molar-refractivity contribution in [2.75, 3.05) is 0 Å². The molecule has 2 heteroatoms. The molecule has 0 aliphatic carbocycles. The molecule has 0 aliphatic rings. The third-order valence-corrected chi connectivity index (χ3v) is 1.38. The van der Waals surface area contributed by atoms with E-state index in [2.05, 4.69) is 26.0 Å². The Labute approximate surface area is 88.5 Å². The standard InChI is InChI=1S/C7H13N.C5H9N/c1-6(2)4-7(3)5-8;1-5(2,3)4-6/h6-7H,4H2,1-3H3;1-3H3. The Morgan fingerprint density at radius 2 is 1.43 bits per heavy atom. The van der Waals surface area contributed by atoms with Gasteiger partial charge in [0.1, 0.15) is 0 Å². The first-order chi connectivity index (χ1) is 6.22. The minimum Gasteiger partial charge on any atom is -0.198 e. The van der Waals surface area contributed by atoms with Crippen LogP contribution in [0.5, 0.6) is 0 Å². The molecule has 0 rings (SSSR count). The molecule has 0 fully saturated rings. The zero-order valence-corrected chi connectivity index (χ0v) is 10.3. The maximum absolute atomic E-state index is 8.33. The van der Waals surface area contributed by atoms with Crippen LogP contribution >= 0.6 is 0 Å². The van der Waals surface area contributed by atoms with Crippen LogP contribution in [-0.4, -0.2) is 0 Å². The van der Waals surface area contributed by atoms with E-state index in [9.17, 15) is 0 Å². The van der Waals surface area contributed by atoms with Crippen LogP contribution in [0.1, 0.15) is 48.0 Å². The van der Waals surface area contributed by atoms with Gasteiger partial charge in [-0.05, 0) is 40.0 Å². The molecule has 1 unspecified atom stereocenters. The van der Waals surface area contributed by atoms with Crippen LogP contribution < -0.4 is 0 Å². The molecule has 0 spiro atoms. The van der Waals surface area contributed by atoms with Gasteiger partial charge < -0.3 is 0 Å². The van der Waals surface area contributed by atoms with E-state index >= 15 is 0 Å². The van der Waals surface area contributed by atoms with E-state index < -0.39 is 0 Å². The fourth-order valence-electron chi connectivity index (χ4n) is 0.760. The van der Waals surface area contributed by atoms with Gasteiger partial charge >= 0.3 is 0 Å². The Morgan fingerprint density at radius 1 is 1.07 bits per heavy atom. The van der Waals surface area contributed by atoms with E-state index in [4.69, 9.17) is 10.5 Å². The second-order valence-corrected chi connectivity index (χ2v) is 5.02. The Bertz CT molecular complexity index is 210. The van der Waals surface area contributed by atoms with Gasteiger partial charge in [0.2, 0.25) is 0 Å². The van der Waals surface area contributed by atoms with Crippen molar-refractivity contribution < 1.29 is 0 Å². The second-order valence-electron chi connectivity index (χ2n) is 5.02. The SMILES string of the molecule is CC(C)(C)C#N.CC(C)CC(C)C#N. The van der Waals surface area contributed by atoms with Crippen LogP contribution in [0.2, 0.25) is 0 Å². The predicted molar refractivity (Wildman–Crippen MR) is 59.3 cm³/mol. The third-order valence-electron chi connectivity index (χ3n) is 1.38. The predicted octanol–water partition coefficient (Wildman–Crippen LogP) is 3.75. The van der Waals surface area contributed by atoms with Crippen LogP contribution in [0.4, 0.5) is 0 Å². The fourth-order valence-corrected chi connectivity index (χ4v) is 0.760. The molecule has 1 atom stereocenters. The van der Waals surface area contributed by atoms with Gasteiger partial charge in [-0.15, -0.1) is 0 Å². The quantitative estimate of drug-likeness (QED) is 0.672. The number of hydrogen-bond acceptors (Lipinski definition) is 2.